The lowest BCUT2D eigenvalue weighted by Crippen LogP contribution is -2.29. The lowest BCUT2D eigenvalue weighted by molar-refractivity contribution is 0.102. The third-order valence-electron chi connectivity index (χ3n) is 5.84. The molecule has 0 aliphatic carbocycles. The van der Waals surface area contributed by atoms with Gasteiger partial charge in [0.25, 0.3) is 11.5 Å². The van der Waals surface area contributed by atoms with Crippen LogP contribution in [-0.2, 0) is 0 Å². The topological polar surface area (TPSA) is 116 Å². The molecule has 0 spiro atoms. The largest absolute Gasteiger partial charge is 0.368 e. The number of benzene rings is 2. The maximum absolute atomic E-state index is 15.1. The Kier molecular flexibility index (Phi) is 6.44. The minimum absolute atomic E-state index is 0.0963. The van der Waals surface area contributed by atoms with E-state index in [0.717, 1.165) is 0 Å². The lowest BCUT2D eigenvalue weighted by atomic mass is 10.0. The third kappa shape index (κ3) is 4.87. The summed E-state index contributed by atoms with van der Waals surface area (Å²) in [5.74, 6) is -1.64. The number of aromatic nitrogens is 4. The van der Waals surface area contributed by atoms with Gasteiger partial charge in [-0.25, -0.2) is 18.7 Å². The average molecular weight is 511 g/mol. The average Bonchev–Trinajstić information content (AvgIpc) is 2.90. The van der Waals surface area contributed by atoms with Crippen LogP contribution in [0.4, 0.5) is 20.4 Å². The Morgan fingerprint density at radius 1 is 0.895 bits per heavy atom. The molecule has 10 heteroatoms. The Morgan fingerprint density at radius 2 is 1.66 bits per heavy atom. The molecule has 3 N–H and O–H groups in total. The van der Waals surface area contributed by atoms with Crippen molar-refractivity contribution in [2.24, 2.45) is 0 Å². The number of anilines is 2. The quantitative estimate of drug-likeness (QED) is 0.352. The van der Waals surface area contributed by atoms with Crippen molar-refractivity contribution in [3.05, 3.63) is 118 Å². The zero-order chi connectivity index (χ0) is 26.8. The van der Waals surface area contributed by atoms with Gasteiger partial charge in [-0.2, -0.15) is 0 Å². The standard InChI is InChI=1S/C28H20F2N6O2/c1-16-2-8-22(27(38)36(16)20-6-3-18(29)4-7-20)26(37)34-19-5-9-21(23(30)15-19)17-10-12-32-25(14-17)24-11-13-33-28(31)35-24/h2-15H,1H3,(H,34,37)(H2,31,33,35). The summed E-state index contributed by atoms with van der Waals surface area (Å²) in [7, 11) is 0. The molecule has 0 saturated heterocycles. The zero-order valence-electron chi connectivity index (χ0n) is 20.0. The van der Waals surface area contributed by atoms with Gasteiger partial charge in [0.15, 0.2) is 0 Å². The number of hydrogen-bond donors (Lipinski definition) is 2. The first-order valence-electron chi connectivity index (χ1n) is 11.4. The molecule has 2 aromatic carbocycles. The molecule has 5 rings (SSSR count). The second-order valence-electron chi connectivity index (χ2n) is 8.38. The van der Waals surface area contributed by atoms with Gasteiger partial charge in [-0.1, -0.05) is 0 Å². The third-order valence-corrected chi connectivity index (χ3v) is 5.84. The molecule has 0 aliphatic heterocycles. The monoisotopic (exact) mass is 510 g/mol. The summed E-state index contributed by atoms with van der Waals surface area (Å²) in [6.45, 7) is 1.70. The van der Waals surface area contributed by atoms with Gasteiger partial charge in [-0.3, -0.25) is 19.1 Å². The molecule has 0 aliphatic rings. The number of rotatable bonds is 5. The SMILES string of the molecule is Cc1ccc(C(=O)Nc2ccc(-c3ccnc(-c4ccnc(N)n4)c3)c(F)c2)c(=O)n1-c1ccc(F)cc1. The van der Waals surface area contributed by atoms with Crippen molar-refractivity contribution < 1.29 is 13.6 Å². The Labute approximate surface area is 215 Å². The Balaban J connectivity index is 1.41. The van der Waals surface area contributed by atoms with Gasteiger partial charge in [-0.05, 0) is 85.3 Å². The minimum Gasteiger partial charge on any atom is -0.368 e. The van der Waals surface area contributed by atoms with E-state index in [1.54, 1.807) is 31.2 Å². The molecule has 3 aromatic heterocycles. The maximum Gasteiger partial charge on any atom is 0.268 e. The van der Waals surface area contributed by atoms with Crippen LogP contribution in [0.25, 0.3) is 28.2 Å². The lowest BCUT2D eigenvalue weighted by Gasteiger charge is -2.13. The van der Waals surface area contributed by atoms with Crippen molar-refractivity contribution in [3.8, 4) is 28.2 Å². The maximum atomic E-state index is 15.1. The van der Waals surface area contributed by atoms with E-state index in [0.29, 0.717) is 28.3 Å². The van der Waals surface area contributed by atoms with Crippen molar-refractivity contribution in [1.82, 2.24) is 19.5 Å². The van der Waals surface area contributed by atoms with Crippen molar-refractivity contribution in [2.45, 2.75) is 6.92 Å². The van der Waals surface area contributed by atoms with Gasteiger partial charge >= 0.3 is 0 Å². The van der Waals surface area contributed by atoms with Crippen LogP contribution >= 0.6 is 0 Å². The highest BCUT2D eigenvalue weighted by atomic mass is 19.1. The number of nitrogens with one attached hydrogen (secondary N) is 1. The first-order chi connectivity index (χ1) is 18.3. The van der Waals surface area contributed by atoms with E-state index in [1.165, 1.54) is 65.5 Å². The molecule has 1 amide bonds. The smallest absolute Gasteiger partial charge is 0.268 e. The van der Waals surface area contributed by atoms with E-state index in [9.17, 15) is 14.0 Å². The van der Waals surface area contributed by atoms with Gasteiger partial charge in [0.2, 0.25) is 5.95 Å². The molecule has 0 saturated carbocycles. The van der Waals surface area contributed by atoms with E-state index in [2.05, 4.69) is 20.3 Å². The molecule has 0 unspecified atom stereocenters. The number of nitrogens with zero attached hydrogens (tertiary/aromatic N) is 4. The first-order valence-corrected chi connectivity index (χ1v) is 11.4. The number of carbonyl (C=O) groups is 1. The predicted molar refractivity (Wildman–Crippen MR) is 140 cm³/mol. The summed E-state index contributed by atoms with van der Waals surface area (Å²) in [4.78, 5) is 38.3. The number of hydrogen-bond acceptors (Lipinski definition) is 6. The van der Waals surface area contributed by atoms with Crippen LogP contribution in [0.1, 0.15) is 16.1 Å². The number of nitrogens with two attached hydrogens (primary N) is 1. The van der Waals surface area contributed by atoms with E-state index < -0.39 is 23.1 Å². The van der Waals surface area contributed by atoms with Crippen LogP contribution in [0, 0.1) is 18.6 Å². The summed E-state index contributed by atoms with van der Waals surface area (Å²) in [6, 6.07) is 17.5. The predicted octanol–water partition coefficient (Wildman–Crippen LogP) is 4.78. The number of nitrogen functional groups attached to an aromatic ring is 1. The fourth-order valence-corrected chi connectivity index (χ4v) is 3.99. The molecule has 0 atom stereocenters. The van der Waals surface area contributed by atoms with Crippen molar-refractivity contribution in [1.29, 1.82) is 0 Å². The summed E-state index contributed by atoms with van der Waals surface area (Å²) in [5.41, 5.74) is 7.88. The number of carbonyl (C=O) groups excluding carboxylic acids is 1. The first kappa shape index (κ1) is 24.4. The van der Waals surface area contributed by atoms with Crippen molar-refractivity contribution in [3.63, 3.8) is 0 Å². The number of pyridine rings is 2. The fraction of sp³-hybridized carbons (Fsp3) is 0.0357. The second kappa shape index (κ2) is 10.0. The molecule has 0 radical (unpaired) electrons. The van der Waals surface area contributed by atoms with Crippen LogP contribution in [0.5, 0.6) is 0 Å². The molecule has 38 heavy (non-hydrogen) atoms. The highest BCUT2D eigenvalue weighted by Gasteiger charge is 2.17. The number of halogens is 2. The highest BCUT2D eigenvalue weighted by Crippen LogP contribution is 2.28. The van der Waals surface area contributed by atoms with Crippen LogP contribution in [0.15, 0.2) is 90.0 Å². The number of amides is 1. The van der Waals surface area contributed by atoms with Gasteiger partial charge in [0, 0.05) is 35.0 Å². The van der Waals surface area contributed by atoms with Crippen molar-refractivity contribution in [2.75, 3.05) is 11.1 Å². The summed E-state index contributed by atoms with van der Waals surface area (Å²) < 4.78 is 29.8. The van der Waals surface area contributed by atoms with E-state index in [4.69, 9.17) is 5.73 Å². The number of aryl methyl sites for hydroxylation is 1. The molecular weight excluding hydrogens is 490 g/mol. The minimum atomic E-state index is -0.703. The molecule has 188 valence electrons. The van der Waals surface area contributed by atoms with Gasteiger partial charge in [0.1, 0.15) is 17.2 Å². The molecule has 8 nitrogen and oxygen atoms in total. The van der Waals surface area contributed by atoms with Crippen LogP contribution in [0.2, 0.25) is 0 Å². The Bertz CT molecular complexity index is 1740. The Morgan fingerprint density at radius 3 is 2.39 bits per heavy atom. The van der Waals surface area contributed by atoms with E-state index >= 15 is 4.39 Å². The molecule has 0 bridgehead atoms. The van der Waals surface area contributed by atoms with Crippen LogP contribution in [0.3, 0.4) is 0 Å². The zero-order valence-corrected chi connectivity index (χ0v) is 20.0. The molecule has 5 aromatic rings. The van der Waals surface area contributed by atoms with E-state index in [-0.39, 0.29) is 22.8 Å². The molecule has 0 fully saturated rings. The van der Waals surface area contributed by atoms with E-state index in [1.807, 2.05) is 0 Å². The second-order valence-corrected chi connectivity index (χ2v) is 8.38. The van der Waals surface area contributed by atoms with Gasteiger partial charge in [-0.15, -0.1) is 0 Å². The van der Waals surface area contributed by atoms with Gasteiger partial charge in [0.05, 0.1) is 11.4 Å². The normalized spacial score (nSPS) is 10.8. The molecular formula is C28H20F2N6O2. The Hall–Kier alpha value is -5.25. The summed E-state index contributed by atoms with van der Waals surface area (Å²) >= 11 is 0. The summed E-state index contributed by atoms with van der Waals surface area (Å²) in [6.07, 6.45) is 3.04. The fourth-order valence-electron chi connectivity index (χ4n) is 3.99. The van der Waals surface area contributed by atoms with Crippen molar-refractivity contribution >= 4 is 17.5 Å². The van der Waals surface area contributed by atoms with Crippen LogP contribution < -0.4 is 16.6 Å². The molecule has 3 heterocycles. The van der Waals surface area contributed by atoms with Gasteiger partial charge < -0.3 is 11.1 Å². The van der Waals surface area contributed by atoms with Crippen LogP contribution in [-0.4, -0.2) is 25.4 Å². The summed E-state index contributed by atoms with van der Waals surface area (Å²) in [5, 5.41) is 2.57. The highest BCUT2D eigenvalue weighted by molar-refractivity contribution is 6.04.